The Hall–Kier alpha value is -1.22. The van der Waals surface area contributed by atoms with Crippen molar-refractivity contribution in [3.63, 3.8) is 0 Å². The lowest BCUT2D eigenvalue weighted by Crippen LogP contribution is -2.23. The lowest BCUT2D eigenvalue weighted by atomic mass is 9.80. The van der Waals surface area contributed by atoms with E-state index in [9.17, 15) is 0 Å². The summed E-state index contributed by atoms with van der Waals surface area (Å²) in [5.74, 6) is 2.27. The molecule has 2 aliphatic rings. The van der Waals surface area contributed by atoms with E-state index in [-0.39, 0.29) is 0 Å². The number of benzene rings is 1. The van der Waals surface area contributed by atoms with Gasteiger partial charge in [0, 0.05) is 18.8 Å². The summed E-state index contributed by atoms with van der Waals surface area (Å²) in [5.41, 5.74) is 2.68. The fourth-order valence-electron chi connectivity index (χ4n) is 3.01. The minimum Gasteiger partial charge on any atom is -0.497 e. The van der Waals surface area contributed by atoms with Crippen molar-refractivity contribution in [2.75, 3.05) is 32.2 Å². The third-order valence-corrected chi connectivity index (χ3v) is 3.96. The molecule has 2 heterocycles. The number of fused-ring (bicyclic) bond motifs is 1. The van der Waals surface area contributed by atoms with E-state index in [1.54, 1.807) is 7.11 Å². The Balaban J connectivity index is 1.93. The van der Waals surface area contributed by atoms with Gasteiger partial charge in [-0.05, 0) is 48.4 Å². The van der Waals surface area contributed by atoms with Crippen LogP contribution >= 0.6 is 0 Å². The average molecular weight is 233 g/mol. The molecule has 1 fully saturated rings. The van der Waals surface area contributed by atoms with E-state index in [1.165, 1.54) is 24.1 Å². The van der Waals surface area contributed by atoms with Crippen LogP contribution in [0.2, 0.25) is 0 Å². The molecule has 0 spiro atoms. The fraction of sp³-hybridized carbons (Fsp3) is 0.571. The van der Waals surface area contributed by atoms with Gasteiger partial charge in [-0.1, -0.05) is 0 Å². The second-order valence-electron chi connectivity index (χ2n) is 4.90. The van der Waals surface area contributed by atoms with Gasteiger partial charge >= 0.3 is 0 Å². The summed E-state index contributed by atoms with van der Waals surface area (Å²) in [7, 11) is 1.73. The minimum absolute atomic E-state index is 0.629. The Morgan fingerprint density at radius 2 is 2.29 bits per heavy atom. The summed E-state index contributed by atoms with van der Waals surface area (Å²) >= 11 is 0. The molecule has 3 rings (SSSR count). The number of methoxy groups -OCH3 is 1. The maximum Gasteiger partial charge on any atom is 0.119 e. The van der Waals surface area contributed by atoms with Gasteiger partial charge < -0.3 is 14.8 Å². The summed E-state index contributed by atoms with van der Waals surface area (Å²) in [5, 5.41) is 3.47. The molecule has 0 radical (unpaired) electrons. The van der Waals surface area contributed by atoms with Crippen molar-refractivity contribution >= 4 is 5.69 Å². The third kappa shape index (κ3) is 2.00. The number of rotatable bonds is 2. The Bertz CT molecular complexity index is 399. The summed E-state index contributed by atoms with van der Waals surface area (Å²) in [6, 6.07) is 6.35. The van der Waals surface area contributed by atoms with Crippen molar-refractivity contribution in [1.29, 1.82) is 0 Å². The van der Waals surface area contributed by atoms with Gasteiger partial charge in [0.25, 0.3) is 0 Å². The van der Waals surface area contributed by atoms with E-state index in [0.29, 0.717) is 11.8 Å². The van der Waals surface area contributed by atoms with Crippen LogP contribution in [0.25, 0.3) is 0 Å². The van der Waals surface area contributed by atoms with Crippen LogP contribution in [-0.2, 0) is 4.74 Å². The molecule has 17 heavy (non-hydrogen) atoms. The molecule has 0 bridgehead atoms. The van der Waals surface area contributed by atoms with Gasteiger partial charge in [-0.25, -0.2) is 0 Å². The Labute approximate surface area is 102 Å². The van der Waals surface area contributed by atoms with E-state index < -0.39 is 0 Å². The summed E-state index contributed by atoms with van der Waals surface area (Å²) in [6.45, 7) is 2.91. The first-order valence-corrected chi connectivity index (χ1v) is 6.38. The lowest BCUT2D eigenvalue weighted by Gasteiger charge is -2.30. The highest BCUT2D eigenvalue weighted by molar-refractivity contribution is 5.57. The second kappa shape index (κ2) is 4.57. The highest BCUT2D eigenvalue weighted by Crippen LogP contribution is 2.41. The van der Waals surface area contributed by atoms with Crippen LogP contribution in [0.5, 0.6) is 5.75 Å². The van der Waals surface area contributed by atoms with E-state index in [2.05, 4.69) is 17.4 Å². The zero-order valence-corrected chi connectivity index (χ0v) is 10.2. The van der Waals surface area contributed by atoms with Crippen LogP contribution < -0.4 is 10.1 Å². The first kappa shape index (κ1) is 10.9. The van der Waals surface area contributed by atoms with Crippen molar-refractivity contribution in [2.45, 2.75) is 18.8 Å². The van der Waals surface area contributed by atoms with Gasteiger partial charge in [0.1, 0.15) is 5.75 Å². The van der Waals surface area contributed by atoms with Crippen LogP contribution in [0.3, 0.4) is 0 Å². The van der Waals surface area contributed by atoms with Crippen LogP contribution in [-0.4, -0.2) is 26.9 Å². The molecule has 1 saturated heterocycles. The molecule has 0 aromatic heterocycles. The van der Waals surface area contributed by atoms with Gasteiger partial charge in [-0.3, -0.25) is 0 Å². The summed E-state index contributed by atoms with van der Waals surface area (Å²) in [4.78, 5) is 0. The number of hydrogen-bond donors (Lipinski definition) is 1. The molecule has 2 atom stereocenters. The van der Waals surface area contributed by atoms with E-state index in [1.807, 2.05) is 6.07 Å². The van der Waals surface area contributed by atoms with Crippen LogP contribution in [0.15, 0.2) is 18.2 Å². The van der Waals surface area contributed by atoms with Gasteiger partial charge in [-0.15, -0.1) is 0 Å². The van der Waals surface area contributed by atoms with Crippen molar-refractivity contribution in [3.8, 4) is 5.75 Å². The molecule has 1 aromatic carbocycles. The number of nitrogens with one attached hydrogen (secondary N) is 1. The first-order chi connectivity index (χ1) is 8.38. The largest absolute Gasteiger partial charge is 0.497 e. The smallest absolute Gasteiger partial charge is 0.119 e. The van der Waals surface area contributed by atoms with Gasteiger partial charge in [0.2, 0.25) is 0 Å². The van der Waals surface area contributed by atoms with Crippen LogP contribution in [0.1, 0.15) is 24.3 Å². The average Bonchev–Trinajstić information content (AvgIpc) is 2.91. The Morgan fingerprint density at radius 1 is 1.35 bits per heavy atom. The van der Waals surface area contributed by atoms with E-state index in [0.717, 1.165) is 25.5 Å². The summed E-state index contributed by atoms with van der Waals surface area (Å²) in [6.07, 6.45) is 2.40. The highest BCUT2D eigenvalue weighted by atomic mass is 16.5. The molecule has 92 valence electrons. The second-order valence-corrected chi connectivity index (χ2v) is 4.90. The normalized spacial score (nSPS) is 27.4. The van der Waals surface area contributed by atoms with Crippen molar-refractivity contribution in [2.24, 2.45) is 5.92 Å². The molecular formula is C14H19NO2. The maximum absolute atomic E-state index is 5.53. The molecular weight excluding hydrogens is 214 g/mol. The van der Waals surface area contributed by atoms with Crippen LogP contribution in [0, 0.1) is 5.92 Å². The highest BCUT2D eigenvalue weighted by Gasteiger charge is 2.30. The zero-order valence-electron chi connectivity index (χ0n) is 10.2. The summed E-state index contributed by atoms with van der Waals surface area (Å²) < 4.78 is 10.9. The van der Waals surface area contributed by atoms with Crippen molar-refractivity contribution in [1.82, 2.24) is 0 Å². The van der Waals surface area contributed by atoms with Crippen LogP contribution in [0.4, 0.5) is 5.69 Å². The molecule has 0 aliphatic carbocycles. The van der Waals surface area contributed by atoms with Crippen molar-refractivity contribution in [3.05, 3.63) is 23.8 Å². The molecule has 0 saturated carbocycles. The topological polar surface area (TPSA) is 30.5 Å². The molecule has 0 amide bonds. The molecule has 2 unspecified atom stereocenters. The van der Waals surface area contributed by atoms with E-state index >= 15 is 0 Å². The maximum atomic E-state index is 5.53. The monoisotopic (exact) mass is 233 g/mol. The molecule has 3 nitrogen and oxygen atoms in total. The SMILES string of the molecule is COc1ccc2c(c1)C(C1CCOC1)CCN2. The number of hydrogen-bond acceptors (Lipinski definition) is 3. The van der Waals surface area contributed by atoms with Crippen molar-refractivity contribution < 1.29 is 9.47 Å². The molecule has 2 aliphatic heterocycles. The first-order valence-electron chi connectivity index (χ1n) is 6.38. The fourth-order valence-corrected chi connectivity index (χ4v) is 3.01. The Morgan fingerprint density at radius 3 is 3.06 bits per heavy atom. The number of anilines is 1. The van der Waals surface area contributed by atoms with Gasteiger partial charge in [0.05, 0.1) is 13.7 Å². The Kier molecular flexibility index (Phi) is 2.93. The molecule has 3 heteroatoms. The van der Waals surface area contributed by atoms with E-state index in [4.69, 9.17) is 9.47 Å². The van der Waals surface area contributed by atoms with Gasteiger partial charge in [0.15, 0.2) is 0 Å². The zero-order chi connectivity index (χ0) is 11.7. The predicted molar refractivity (Wildman–Crippen MR) is 67.8 cm³/mol. The lowest BCUT2D eigenvalue weighted by molar-refractivity contribution is 0.179. The third-order valence-electron chi connectivity index (χ3n) is 3.96. The molecule has 1 N–H and O–H groups in total. The van der Waals surface area contributed by atoms with Gasteiger partial charge in [-0.2, -0.15) is 0 Å². The number of ether oxygens (including phenoxy) is 2. The minimum atomic E-state index is 0.629. The molecule has 1 aromatic rings. The quantitative estimate of drug-likeness (QED) is 0.851. The predicted octanol–water partition coefficient (Wildman–Crippen LogP) is 2.63. The standard InChI is InChI=1S/C14H19NO2/c1-16-11-2-3-14-13(8-11)12(4-6-15-14)10-5-7-17-9-10/h2-3,8,10,12,15H,4-7,9H2,1H3.